The van der Waals surface area contributed by atoms with Gasteiger partial charge in [0.1, 0.15) is 5.15 Å². The van der Waals surface area contributed by atoms with E-state index in [0.29, 0.717) is 12.1 Å². The molecule has 2 aromatic heterocycles. The van der Waals surface area contributed by atoms with Gasteiger partial charge in [-0.1, -0.05) is 11.6 Å². The summed E-state index contributed by atoms with van der Waals surface area (Å²) < 4.78 is 0. The standard InChI is InChI=1S/C10H8ClN3OS/c11-9-8(2-1-3-12-9)10(15)13-4-7-5-16-6-14-7/h1-3,5-6H,4H2,(H,13,15). The maximum Gasteiger partial charge on any atom is 0.254 e. The van der Waals surface area contributed by atoms with Crippen LogP contribution in [-0.4, -0.2) is 15.9 Å². The summed E-state index contributed by atoms with van der Waals surface area (Å²) in [6, 6.07) is 3.30. The van der Waals surface area contributed by atoms with Crippen LogP contribution < -0.4 is 5.32 Å². The molecule has 2 rings (SSSR count). The van der Waals surface area contributed by atoms with Crippen LogP contribution in [0, 0.1) is 0 Å². The van der Waals surface area contributed by atoms with Crippen LogP contribution >= 0.6 is 22.9 Å². The number of nitrogens with one attached hydrogen (secondary N) is 1. The SMILES string of the molecule is O=C(NCc1cscn1)c1cccnc1Cl. The third kappa shape index (κ3) is 2.56. The van der Waals surface area contributed by atoms with Crippen LogP contribution in [0.4, 0.5) is 0 Å². The molecule has 2 aromatic rings. The number of hydrogen-bond donors (Lipinski definition) is 1. The quantitative estimate of drug-likeness (QED) is 0.853. The molecule has 0 aliphatic rings. The Kier molecular flexibility index (Phi) is 3.48. The summed E-state index contributed by atoms with van der Waals surface area (Å²) >= 11 is 7.28. The number of amides is 1. The number of aromatic nitrogens is 2. The first kappa shape index (κ1) is 11.0. The van der Waals surface area contributed by atoms with E-state index in [0.717, 1.165) is 5.69 Å². The zero-order valence-corrected chi connectivity index (χ0v) is 9.76. The highest BCUT2D eigenvalue weighted by Crippen LogP contribution is 2.11. The fourth-order valence-corrected chi connectivity index (χ4v) is 1.91. The van der Waals surface area contributed by atoms with E-state index in [1.165, 1.54) is 11.3 Å². The zero-order valence-electron chi connectivity index (χ0n) is 8.18. The summed E-state index contributed by atoms with van der Waals surface area (Å²) in [5, 5.41) is 4.81. The molecule has 0 unspecified atom stereocenters. The molecule has 0 fully saturated rings. The summed E-state index contributed by atoms with van der Waals surface area (Å²) in [6.45, 7) is 0.396. The van der Waals surface area contributed by atoms with Gasteiger partial charge in [-0.05, 0) is 12.1 Å². The Morgan fingerprint density at radius 2 is 2.38 bits per heavy atom. The van der Waals surface area contributed by atoms with Crippen LogP contribution in [-0.2, 0) is 6.54 Å². The highest BCUT2D eigenvalue weighted by Gasteiger charge is 2.10. The minimum atomic E-state index is -0.244. The van der Waals surface area contributed by atoms with Crippen molar-refractivity contribution in [2.24, 2.45) is 0 Å². The van der Waals surface area contributed by atoms with Gasteiger partial charge in [0.15, 0.2) is 0 Å². The molecule has 0 aliphatic carbocycles. The van der Waals surface area contributed by atoms with Gasteiger partial charge < -0.3 is 5.32 Å². The van der Waals surface area contributed by atoms with Gasteiger partial charge in [-0.25, -0.2) is 9.97 Å². The Morgan fingerprint density at radius 1 is 1.50 bits per heavy atom. The monoisotopic (exact) mass is 253 g/mol. The molecule has 0 bridgehead atoms. The van der Waals surface area contributed by atoms with Gasteiger partial charge in [0.25, 0.3) is 5.91 Å². The molecule has 1 N–H and O–H groups in total. The number of rotatable bonds is 3. The number of hydrogen-bond acceptors (Lipinski definition) is 4. The van der Waals surface area contributed by atoms with Gasteiger partial charge in [0, 0.05) is 11.6 Å². The van der Waals surface area contributed by atoms with E-state index in [9.17, 15) is 4.79 Å². The van der Waals surface area contributed by atoms with E-state index in [4.69, 9.17) is 11.6 Å². The van der Waals surface area contributed by atoms with Gasteiger partial charge >= 0.3 is 0 Å². The molecule has 16 heavy (non-hydrogen) atoms. The van der Waals surface area contributed by atoms with Crippen molar-refractivity contribution in [3.8, 4) is 0 Å². The van der Waals surface area contributed by atoms with Crippen molar-refractivity contribution in [3.63, 3.8) is 0 Å². The van der Waals surface area contributed by atoms with Gasteiger partial charge in [-0.2, -0.15) is 0 Å². The van der Waals surface area contributed by atoms with Gasteiger partial charge in [-0.3, -0.25) is 4.79 Å². The first-order valence-electron chi connectivity index (χ1n) is 4.53. The van der Waals surface area contributed by atoms with Crippen LogP contribution in [0.25, 0.3) is 0 Å². The van der Waals surface area contributed by atoms with Crippen LogP contribution in [0.3, 0.4) is 0 Å². The second kappa shape index (κ2) is 5.05. The van der Waals surface area contributed by atoms with Crippen molar-refractivity contribution in [3.05, 3.63) is 45.6 Å². The molecule has 0 saturated carbocycles. The number of halogens is 1. The van der Waals surface area contributed by atoms with Gasteiger partial charge in [-0.15, -0.1) is 11.3 Å². The van der Waals surface area contributed by atoms with Crippen molar-refractivity contribution in [1.82, 2.24) is 15.3 Å². The van der Waals surface area contributed by atoms with E-state index in [1.54, 1.807) is 23.8 Å². The first-order chi connectivity index (χ1) is 7.77. The largest absolute Gasteiger partial charge is 0.346 e. The van der Waals surface area contributed by atoms with E-state index >= 15 is 0 Å². The topological polar surface area (TPSA) is 54.9 Å². The van der Waals surface area contributed by atoms with E-state index in [1.807, 2.05) is 5.38 Å². The van der Waals surface area contributed by atoms with Crippen molar-refractivity contribution in [1.29, 1.82) is 0 Å². The van der Waals surface area contributed by atoms with Crippen molar-refractivity contribution < 1.29 is 4.79 Å². The van der Waals surface area contributed by atoms with Gasteiger partial charge in [0.2, 0.25) is 0 Å². The Bertz CT molecular complexity index is 487. The summed E-state index contributed by atoms with van der Waals surface area (Å²) in [7, 11) is 0. The predicted octanol–water partition coefficient (Wildman–Crippen LogP) is 2.12. The number of carbonyl (C=O) groups excluding carboxylic acids is 1. The summed E-state index contributed by atoms with van der Waals surface area (Å²) in [5.41, 5.74) is 2.93. The molecule has 0 aliphatic heterocycles. The van der Waals surface area contributed by atoms with Crippen molar-refractivity contribution in [2.75, 3.05) is 0 Å². The fraction of sp³-hybridized carbons (Fsp3) is 0.100. The minimum absolute atomic E-state index is 0.207. The molecule has 1 amide bonds. The number of thiazole rings is 1. The molecule has 0 radical (unpaired) electrons. The third-order valence-corrected chi connectivity index (χ3v) is 2.85. The van der Waals surface area contributed by atoms with Crippen LogP contribution in [0.1, 0.15) is 16.1 Å². The highest BCUT2D eigenvalue weighted by atomic mass is 35.5. The van der Waals surface area contributed by atoms with Crippen LogP contribution in [0.15, 0.2) is 29.2 Å². The Balaban J connectivity index is 2.01. The average molecular weight is 254 g/mol. The third-order valence-electron chi connectivity index (χ3n) is 1.92. The smallest absolute Gasteiger partial charge is 0.254 e. The molecule has 0 spiro atoms. The molecule has 82 valence electrons. The highest BCUT2D eigenvalue weighted by molar-refractivity contribution is 7.07. The second-order valence-electron chi connectivity index (χ2n) is 3.00. The molecule has 2 heterocycles. The lowest BCUT2D eigenvalue weighted by Gasteiger charge is -2.03. The Hall–Kier alpha value is -1.46. The summed E-state index contributed by atoms with van der Waals surface area (Å²) in [4.78, 5) is 19.6. The first-order valence-corrected chi connectivity index (χ1v) is 5.85. The van der Waals surface area contributed by atoms with Crippen molar-refractivity contribution in [2.45, 2.75) is 6.54 Å². The van der Waals surface area contributed by atoms with Gasteiger partial charge in [0.05, 0.1) is 23.3 Å². The average Bonchev–Trinajstić information content (AvgIpc) is 2.79. The molecular formula is C10H8ClN3OS. The lowest BCUT2D eigenvalue weighted by molar-refractivity contribution is 0.0950. The van der Waals surface area contributed by atoms with Crippen molar-refractivity contribution >= 4 is 28.8 Å². The number of nitrogens with zero attached hydrogens (tertiary/aromatic N) is 2. The van der Waals surface area contributed by atoms with E-state index in [-0.39, 0.29) is 11.1 Å². The van der Waals surface area contributed by atoms with Crippen LogP contribution in [0.2, 0.25) is 5.15 Å². The second-order valence-corrected chi connectivity index (χ2v) is 4.08. The molecule has 0 saturated heterocycles. The lowest BCUT2D eigenvalue weighted by atomic mass is 10.2. The molecule has 0 atom stereocenters. The minimum Gasteiger partial charge on any atom is -0.346 e. The number of carbonyl (C=O) groups is 1. The molecule has 4 nitrogen and oxygen atoms in total. The Morgan fingerprint density at radius 3 is 3.06 bits per heavy atom. The van der Waals surface area contributed by atoms with E-state index < -0.39 is 0 Å². The summed E-state index contributed by atoms with van der Waals surface area (Å²) in [5.74, 6) is -0.244. The van der Waals surface area contributed by atoms with E-state index in [2.05, 4.69) is 15.3 Å². The molecule has 6 heteroatoms. The Labute approximate surface area is 101 Å². The molecule has 0 aromatic carbocycles. The fourth-order valence-electron chi connectivity index (χ4n) is 1.15. The maximum absolute atomic E-state index is 11.7. The zero-order chi connectivity index (χ0) is 11.4. The summed E-state index contributed by atoms with van der Waals surface area (Å²) in [6.07, 6.45) is 1.54. The normalized spacial score (nSPS) is 10.1. The maximum atomic E-state index is 11.7. The lowest BCUT2D eigenvalue weighted by Crippen LogP contribution is -2.23. The number of pyridine rings is 1. The van der Waals surface area contributed by atoms with Crippen LogP contribution in [0.5, 0.6) is 0 Å². The predicted molar refractivity (Wildman–Crippen MR) is 62.5 cm³/mol. The molecular weight excluding hydrogens is 246 g/mol.